The number of nitrogens with zero attached hydrogens (tertiary/aromatic N) is 1. The van der Waals surface area contributed by atoms with Crippen molar-refractivity contribution in [1.82, 2.24) is 4.90 Å². The number of carbonyl (C=O) groups excluding carboxylic acids is 1. The van der Waals surface area contributed by atoms with Crippen molar-refractivity contribution in [2.75, 3.05) is 19.7 Å². The van der Waals surface area contributed by atoms with Crippen LogP contribution in [0, 0.1) is 11.3 Å². The van der Waals surface area contributed by atoms with Gasteiger partial charge in [-0.05, 0) is 37.0 Å². The van der Waals surface area contributed by atoms with Gasteiger partial charge in [-0.15, -0.1) is 0 Å². The first-order valence-electron chi connectivity index (χ1n) is 6.84. The molecular formula is C14H27NO2. The molecule has 0 radical (unpaired) electrons. The van der Waals surface area contributed by atoms with Gasteiger partial charge < -0.3 is 10.0 Å². The van der Waals surface area contributed by atoms with Crippen LogP contribution in [0.3, 0.4) is 0 Å². The van der Waals surface area contributed by atoms with Crippen LogP contribution in [0.2, 0.25) is 0 Å². The van der Waals surface area contributed by atoms with Crippen molar-refractivity contribution >= 4 is 5.91 Å². The normalized spacial score (nSPS) is 22.7. The smallest absolute Gasteiger partial charge is 0.222 e. The van der Waals surface area contributed by atoms with Crippen LogP contribution in [-0.2, 0) is 4.79 Å². The molecule has 3 heteroatoms. The zero-order chi connectivity index (χ0) is 12.9. The van der Waals surface area contributed by atoms with Crippen LogP contribution in [0.4, 0.5) is 0 Å². The number of hydrogen-bond acceptors (Lipinski definition) is 2. The van der Waals surface area contributed by atoms with Crippen molar-refractivity contribution in [2.45, 2.75) is 52.9 Å². The Labute approximate surface area is 105 Å². The van der Waals surface area contributed by atoms with E-state index in [9.17, 15) is 4.79 Å². The summed E-state index contributed by atoms with van der Waals surface area (Å²) in [6.45, 7) is 8.74. The van der Waals surface area contributed by atoms with Crippen LogP contribution in [0.25, 0.3) is 0 Å². The Hall–Kier alpha value is -0.570. The van der Waals surface area contributed by atoms with E-state index in [0.29, 0.717) is 23.7 Å². The fourth-order valence-corrected chi connectivity index (χ4v) is 2.55. The number of aliphatic hydroxyl groups is 1. The molecule has 1 saturated heterocycles. The highest BCUT2D eigenvalue weighted by molar-refractivity contribution is 5.76. The average Bonchev–Trinajstić information content (AvgIpc) is 2.41. The number of carbonyl (C=O) groups is 1. The van der Waals surface area contributed by atoms with E-state index in [-0.39, 0.29) is 6.61 Å². The van der Waals surface area contributed by atoms with Crippen molar-refractivity contribution in [3.8, 4) is 0 Å². The molecule has 1 heterocycles. The van der Waals surface area contributed by atoms with Crippen molar-refractivity contribution in [1.29, 1.82) is 0 Å². The molecule has 0 aromatic rings. The van der Waals surface area contributed by atoms with E-state index in [0.717, 1.165) is 38.8 Å². The van der Waals surface area contributed by atoms with E-state index in [4.69, 9.17) is 5.11 Å². The minimum atomic E-state index is 0.229. The molecule has 0 aliphatic carbocycles. The lowest BCUT2D eigenvalue weighted by molar-refractivity contribution is -0.130. The fraction of sp³-hybridized carbons (Fsp3) is 0.929. The molecule has 0 spiro atoms. The van der Waals surface area contributed by atoms with E-state index >= 15 is 0 Å². The third-order valence-corrected chi connectivity index (χ3v) is 3.87. The first-order chi connectivity index (χ1) is 7.95. The summed E-state index contributed by atoms with van der Waals surface area (Å²) in [6, 6.07) is 0. The third-order valence-electron chi connectivity index (χ3n) is 3.87. The van der Waals surface area contributed by atoms with Crippen LogP contribution in [0.5, 0.6) is 0 Å². The highest BCUT2D eigenvalue weighted by Gasteiger charge is 2.29. The molecule has 0 saturated carbocycles. The number of unbranched alkanes of at least 4 members (excludes halogenated alkanes) is 1. The zero-order valence-corrected chi connectivity index (χ0v) is 11.5. The molecule has 0 aromatic heterocycles. The van der Waals surface area contributed by atoms with Gasteiger partial charge in [0.25, 0.3) is 0 Å². The molecular weight excluding hydrogens is 214 g/mol. The van der Waals surface area contributed by atoms with E-state index in [1.165, 1.54) is 0 Å². The Morgan fingerprint density at radius 1 is 1.29 bits per heavy atom. The van der Waals surface area contributed by atoms with Gasteiger partial charge in [-0.25, -0.2) is 0 Å². The predicted molar refractivity (Wildman–Crippen MR) is 69.7 cm³/mol. The molecule has 1 unspecified atom stereocenters. The van der Waals surface area contributed by atoms with Gasteiger partial charge in [0.2, 0.25) is 5.91 Å². The van der Waals surface area contributed by atoms with Gasteiger partial charge in [-0.1, -0.05) is 20.8 Å². The molecule has 1 amide bonds. The molecule has 3 nitrogen and oxygen atoms in total. The summed E-state index contributed by atoms with van der Waals surface area (Å²) in [7, 11) is 0. The molecule has 1 N–H and O–H groups in total. The second-order valence-corrected chi connectivity index (χ2v) is 6.20. The van der Waals surface area contributed by atoms with Crippen LogP contribution >= 0.6 is 0 Å². The molecule has 1 atom stereocenters. The number of hydrogen-bond donors (Lipinski definition) is 1. The molecule has 1 aliphatic heterocycles. The van der Waals surface area contributed by atoms with Crippen molar-refractivity contribution in [3.05, 3.63) is 0 Å². The van der Waals surface area contributed by atoms with E-state index < -0.39 is 0 Å². The molecule has 1 aliphatic rings. The summed E-state index contributed by atoms with van der Waals surface area (Å²) in [6.07, 6.45) is 4.56. The van der Waals surface area contributed by atoms with Crippen LogP contribution in [0.1, 0.15) is 52.9 Å². The maximum Gasteiger partial charge on any atom is 0.222 e. The monoisotopic (exact) mass is 241 g/mol. The van der Waals surface area contributed by atoms with Gasteiger partial charge in [-0.3, -0.25) is 4.79 Å². The Morgan fingerprint density at radius 3 is 2.59 bits per heavy atom. The SMILES string of the molecule is CC(C)(C)C1CCC(=O)N(CCCCO)CC1. The predicted octanol–water partition coefficient (Wildman–Crippen LogP) is 2.43. The largest absolute Gasteiger partial charge is 0.396 e. The lowest BCUT2D eigenvalue weighted by atomic mass is 9.77. The summed E-state index contributed by atoms with van der Waals surface area (Å²) in [5.41, 5.74) is 0.307. The molecule has 1 fully saturated rings. The zero-order valence-electron chi connectivity index (χ0n) is 11.5. The fourth-order valence-electron chi connectivity index (χ4n) is 2.55. The summed E-state index contributed by atoms with van der Waals surface area (Å²) < 4.78 is 0. The summed E-state index contributed by atoms with van der Waals surface area (Å²) >= 11 is 0. The molecule has 0 aromatic carbocycles. The van der Waals surface area contributed by atoms with Crippen LogP contribution in [-0.4, -0.2) is 35.6 Å². The van der Waals surface area contributed by atoms with Crippen LogP contribution in [0.15, 0.2) is 0 Å². The number of amides is 1. The minimum Gasteiger partial charge on any atom is -0.396 e. The van der Waals surface area contributed by atoms with E-state index in [1.807, 2.05) is 4.90 Å². The van der Waals surface area contributed by atoms with Gasteiger partial charge in [-0.2, -0.15) is 0 Å². The van der Waals surface area contributed by atoms with Gasteiger partial charge in [0.15, 0.2) is 0 Å². The molecule has 17 heavy (non-hydrogen) atoms. The standard InChI is InChI=1S/C14H27NO2/c1-14(2,3)12-6-7-13(17)15(10-8-12)9-4-5-11-16/h12,16H,4-11H2,1-3H3. The second-order valence-electron chi connectivity index (χ2n) is 6.20. The number of aliphatic hydroxyl groups excluding tert-OH is 1. The highest BCUT2D eigenvalue weighted by atomic mass is 16.3. The maximum absolute atomic E-state index is 11.9. The third kappa shape index (κ3) is 4.66. The topological polar surface area (TPSA) is 40.5 Å². The first kappa shape index (κ1) is 14.5. The van der Waals surface area contributed by atoms with Crippen molar-refractivity contribution in [3.63, 3.8) is 0 Å². The van der Waals surface area contributed by atoms with Gasteiger partial charge in [0.05, 0.1) is 0 Å². The first-order valence-corrected chi connectivity index (χ1v) is 6.84. The Kier molecular flexibility index (Phi) is 5.44. The number of rotatable bonds is 4. The molecule has 0 bridgehead atoms. The van der Waals surface area contributed by atoms with Gasteiger partial charge in [0.1, 0.15) is 0 Å². The maximum atomic E-state index is 11.9. The van der Waals surface area contributed by atoms with E-state index in [2.05, 4.69) is 20.8 Å². The quantitative estimate of drug-likeness (QED) is 0.768. The molecule has 100 valence electrons. The average molecular weight is 241 g/mol. The second kappa shape index (κ2) is 6.39. The van der Waals surface area contributed by atoms with Gasteiger partial charge in [0, 0.05) is 26.1 Å². The highest BCUT2D eigenvalue weighted by Crippen LogP contribution is 2.34. The Balaban J connectivity index is 2.46. The molecule has 1 rings (SSSR count). The van der Waals surface area contributed by atoms with Gasteiger partial charge >= 0.3 is 0 Å². The number of likely N-dealkylation sites (tertiary alicyclic amines) is 1. The summed E-state index contributed by atoms with van der Waals surface area (Å²) in [5, 5.41) is 8.76. The van der Waals surface area contributed by atoms with E-state index in [1.54, 1.807) is 0 Å². The summed E-state index contributed by atoms with van der Waals surface area (Å²) in [5.74, 6) is 0.948. The van der Waals surface area contributed by atoms with Crippen molar-refractivity contribution < 1.29 is 9.90 Å². The van der Waals surface area contributed by atoms with Crippen molar-refractivity contribution in [2.24, 2.45) is 11.3 Å². The Morgan fingerprint density at radius 2 is 2.00 bits per heavy atom. The lowest BCUT2D eigenvalue weighted by Crippen LogP contribution is -2.31. The Bertz CT molecular complexity index is 245. The summed E-state index contributed by atoms with van der Waals surface area (Å²) in [4.78, 5) is 13.9. The lowest BCUT2D eigenvalue weighted by Gasteiger charge is -2.29. The minimum absolute atomic E-state index is 0.229. The van der Waals surface area contributed by atoms with Crippen LogP contribution < -0.4 is 0 Å².